The molecule has 0 unspecified atom stereocenters. The molecule has 0 aliphatic heterocycles. The summed E-state index contributed by atoms with van der Waals surface area (Å²) in [6.07, 6.45) is -1.70. The first kappa shape index (κ1) is 16.5. The summed E-state index contributed by atoms with van der Waals surface area (Å²) in [6, 6.07) is 3.73. The standard InChI is InChI=1S/C12H7ClF3N5O2S/c13-9-4-10(20-24(22,23)7-2-1-3-17-5-7)21-11(19-9)8(6-18-21)12(14,15)16/h1-6,20H. The third-order valence-electron chi connectivity index (χ3n) is 2.93. The van der Waals surface area contributed by atoms with E-state index in [-0.39, 0.29) is 15.9 Å². The molecule has 0 spiro atoms. The Hall–Kier alpha value is -2.40. The summed E-state index contributed by atoms with van der Waals surface area (Å²) < 4.78 is 66.2. The van der Waals surface area contributed by atoms with Crippen LogP contribution in [0, 0.1) is 0 Å². The van der Waals surface area contributed by atoms with E-state index in [1.165, 1.54) is 18.3 Å². The first-order valence-corrected chi connectivity index (χ1v) is 8.09. The number of sulfonamides is 1. The quantitative estimate of drug-likeness (QED) is 0.709. The molecule has 24 heavy (non-hydrogen) atoms. The highest BCUT2D eigenvalue weighted by molar-refractivity contribution is 7.92. The van der Waals surface area contributed by atoms with Crippen LogP contribution in [0.1, 0.15) is 5.56 Å². The molecule has 0 saturated heterocycles. The molecule has 3 aromatic heterocycles. The van der Waals surface area contributed by atoms with Crippen molar-refractivity contribution in [1.82, 2.24) is 19.6 Å². The molecule has 0 radical (unpaired) electrons. The third kappa shape index (κ3) is 2.99. The molecule has 0 atom stereocenters. The van der Waals surface area contributed by atoms with Crippen LogP contribution in [0.4, 0.5) is 19.0 Å². The Morgan fingerprint density at radius 3 is 2.62 bits per heavy atom. The van der Waals surface area contributed by atoms with Crippen LogP contribution >= 0.6 is 11.6 Å². The molecule has 0 amide bonds. The highest BCUT2D eigenvalue weighted by atomic mass is 35.5. The average molecular weight is 378 g/mol. The van der Waals surface area contributed by atoms with Gasteiger partial charge in [-0.15, -0.1) is 0 Å². The lowest BCUT2D eigenvalue weighted by Gasteiger charge is -2.10. The molecule has 1 N–H and O–H groups in total. The van der Waals surface area contributed by atoms with Crippen LogP contribution in [-0.4, -0.2) is 28.0 Å². The van der Waals surface area contributed by atoms with Gasteiger partial charge in [-0.25, -0.2) is 13.4 Å². The zero-order valence-corrected chi connectivity index (χ0v) is 13.1. The lowest BCUT2D eigenvalue weighted by Crippen LogP contribution is -2.16. The molecule has 0 aliphatic carbocycles. The molecule has 12 heteroatoms. The average Bonchev–Trinajstić information content (AvgIpc) is 2.91. The summed E-state index contributed by atoms with van der Waals surface area (Å²) in [5.74, 6) is -0.288. The van der Waals surface area contributed by atoms with Crippen molar-refractivity contribution < 1.29 is 21.6 Å². The maximum absolute atomic E-state index is 12.9. The minimum atomic E-state index is -4.71. The number of nitrogens with zero attached hydrogens (tertiary/aromatic N) is 4. The number of pyridine rings is 1. The molecular formula is C12H7ClF3N5O2S. The van der Waals surface area contributed by atoms with Gasteiger partial charge in [-0.05, 0) is 12.1 Å². The van der Waals surface area contributed by atoms with Gasteiger partial charge in [-0.3, -0.25) is 9.71 Å². The number of rotatable bonds is 3. The smallest absolute Gasteiger partial charge is 0.263 e. The summed E-state index contributed by atoms with van der Waals surface area (Å²) in [6.45, 7) is 0. The number of nitrogens with one attached hydrogen (secondary N) is 1. The second kappa shape index (κ2) is 5.60. The van der Waals surface area contributed by atoms with Crippen molar-refractivity contribution in [2.45, 2.75) is 11.1 Å². The maximum atomic E-state index is 12.9. The SMILES string of the molecule is O=S(=O)(Nc1cc(Cl)nc2c(C(F)(F)F)cnn12)c1cccnc1. The fraction of sp³-hybridized carbons (Fsp3) is 0.0833. The van der Waals surface area contributed by atoms with Gasteiger partial charge in [0.05, 0.1) is 6.20 Å². The van der Waals surface area contributed by atoms with Gasteiger partial charge in [0.25, 0.3) is 10.0 Å². The van der Waals surface area contributed by atoms with E-state index in [2.05, 4.69) is 19.8 Å². The van der Waals surface area contributed by atoms with Crippen molar-refractivity contribution in [3.05, 3.63) is 47.5 Å². The van der Waals surface area contributed by atoms with Crippen LogP contribution in [0.15, 0.2) is 41.7 Å². The van der Waals surface area contributed by atoms with Crippen molar-refractivity contribution >= 4 is 33.1 Å². The van der Waals surface area contributed by atoms with Crippen molar-refractivity contribution in [2.75, 3.05) is 4.72 Å². The van der Waals surface area contributed by atoms with E-state index in [0.29, 0.717) is 10.7 Å². The van der Waals surface area contributed by atoms with E-state index < -0.39 is 27.4 Å². The van der Waals surface area contributed by atoms with Gasteiger partial charge in [0.1, 0.15) is 21.4 Å². The van der Waals surface area contributed by atoms with E-state index >= 15 is 0 Å². The van der Waals surface area contributed by atoms with Crippen molar-refractivity contribution in [3.8, 4) is 0 Å². The summed E-state index contributed by atoms with van der Waals surface area (Å²) in [5, 5.41) is 3.22. The number of fused-ring (bicyclic) bond motifs is 1. The zero-order chi connectivity index (χ0) is 17.5. The number of anilines is 1. The molecule has 0 aromatic carbocycles. The largest absolute Gasteiger partial charge is 0.421 e. The van der Waals surface area contributed by atoms with Gasteiger partial charge < -0.3 is 0 Å². The lowest BCUT2D eigenvalue weighted by molar-refractivity contribution is -0.136. The number of hydrogen-bond acceptors (Lipinski definition) is 5. The first-order chi connectivity index (χ1) is 11.2. The van der Waals surface area contributed by atoms with Crippen LogP contribution in [0.3, 0.4) is 0 Å². The lowest BCUT2D eigenvalue weighted by atomic mass is 10.3. The molecule has 0 aliphatic rings. The number of hydrogen-bond donors (Lipinski definition) is 1. The van der Waals surface area contributed by atoms with Gasteiger partial charge in [-0.1, -0.05) is 11.6 Å². The van der Waals surface area contributed by atoms with Gasteiger partial charge >= 0.3 is 6.18 Å². The minimum absolute atomic E-state index is 0.172. The van der Waals surface area contributed by atoms with Crippen molar-refractivity contribution in [1.29, 1.82) is 0 Å². The number of alkyl halides is 3. The Bertz CT molecular complexity index is 1000. The fourth-order valence-corrected chi connectivity index (χ4v) is 3.09. The third-order valence-corrected chi connectivity index (χ3v) is 4.46. The molecule has 0 bridgehead atoms. The molecule has 0 fully saturated rings. The highest BCUT2D eigenvalue weighted by Crippen LogP contribution is 2.33. The normalized spacial score (nSPS) is 12.5. The van der Waals surface area contributed by atoms with Gasteiger partial charge in [0, 0.05) is 18.5 Å². The van der Waals surface area contributed by atoms with E-state index in [4.69, 9.17) is 11.6 Å². The van der Waals surface area contributed by atoms with Crippen LogP contribution in [-0.2, 0) is 16.2 Å². The molecular weight excluding hydrogens is 371 g/mol. The molecule has 3 rings (SSSR count). The van der Waals surface area contributed by atoms with Crippen LogP contribution < -0.4 is 4.72 Å². The van der Waals surface area contributed by atoms with Crippen molar-refractivity contribution in [3.63, 3.8) is 0 Å². The topological polar surface area (TPSA) is 89.2 Å². The Balaban J connectivity index is 2.13. The second-order valence-electron chi connectivity index (χ2n) is 4.55. The van der Waals surface area contributed by atoms with Crippen LogP contribution in [0.5, 0.6) is 0 Å². The minimum Gasteiger partial charge on any atom is -0.263 e. The molecule has 3 heterocycles. The number of halogens is 4. The monoisotopic (exact) mass is 377 g/mol. The predicted molar refractivity (Wildman–Crippen MR) is 78.0 cm³/mol. The van der Waals surface area contributed by atoms with Gasteiger partial charge in [0.2, 0.25) is 0 Å². The molecule has 3 aromatic rings. The zero-order valence-electron chi connectivity index (χ0n) is 11.5. The first-order valence-electron chi connectivity index (χ1n) is 6.23. The summed E-state index contributed by atoms with van der Waals surface area (Å²) in [7, 11) is -4.09. The number of aromatic nitrogens is 4. The van der Waals surface area contributed by atoms with E-state index in [1.807, 2.05) is 0 Å². The summed E-state index contributed by atoms with van der Waals surface area (Å²) >= 11 is 5.71. The second-order valence-corrected chi connectivity index (χ2v) is 6.62. The van der Waals surface area contributed by atoms with Gasteiger partial charge in [0.15, 0.2) is 5.65 Å². The Kier molecular flexibility index (Phi) is 3.84. The van der Waals surface area contributed by atoms with Gasteiger partial charge in [-0.2, -0.15) is 22.8 Å². The fourth-order valence-electron chi connectivity index (χ4n) is 1.91. The maximum Gasteiger partial charge on any atom is 0.421 e. The Morgan fingerprint density at radius 1 is 1.25 bits per heavy atom. The Morgan fingerprint density at radius 2 is 2.00 bits per heavy atom. The Labute approximate surface area is 138 Å². The predicted octanol–water partition coefficient (Wildman–Crippen LogP) is 2.60. The van der Waals surface area contributed by atoms with E-state index in [9.17, 15) is 21.6 Å². The molecule has 7 nitrogen and oxygen atoms in total. The molecule has 126 valence electrons. The summed E-state index contributed by atoms with van der Waals surface area (Å²) in [4.78, 5) is 7.07. The van der Waals surface area contributed by atoms with Crippen LogP contribution in [0.25, 0.3) is 5.65 Å². The highest BCUT2D eigenvalue weighted by Gasteiger charge is 2.36. The van der Waals surface area contributed by atoms with Crippen LogP contribution in [0.2, 0.25) is 5.15 Å². The van der Waals surface area contributed by atoms with E-state index in [1.54, 1.807) is 0 Å². The van der Waals surface area contributed by atoms with E-state index in [0.717, 1.165) is 12.3 Å². The molecule has 0 saturated carbocycles. The van der Waals surface area contributed by atoms with Crippen molar-refractivity contribution in [2.24, 2.45) is 0 Å². The summed E-state index contributed by atoms with van der Waals surface area (Å²) in [5.41, 5.74) is -1.74.